The summed E-state index contributed by atoms with van der Waals surface area (Å²) in [6, 6.07) is 6.22. The van der Waals surface area contributed by atoms with Crippen molar-refractivity contribution in [2.45, 2.75) is 0 Å². The molecule has 1 aromatic carbocycles. The Bertz CT molecular complexity index is 361. The van der Waals surface area contributed by atoms with Crippen LogP contribution in [0, 0.1) is 0 Å². The van der Waals surface area contributed by atoms with Crippen molar-refractivity contribution in [1.29, 1.82) is 0 Å². The van der Waals surface area contributed by atoms with Crippen LogP contribution in [0.1, 0.15) is 0 Å². The predicted octanol–water partition coefficient (Wildman–Crippen LogP) is 1.38. The van der Waals surface area contributed by atoms with E-state index in [9.17, 15) is 4.79 Å². The molecule has 14 heavy (non-hydrogen) atoms. The van der Waals surface area contributed by atoms with Crippen LogP contribution in [0.3, 0.4) is 0 Å². The third kappa shape index (κ3) is 3.32. The molecule has 0 aliphatic carbocycles. The van der Waals surface area contributed by atoms with E-state index in [1.165, 1.54) is 0 Å². The van der Waals surface area contributed by atoms with E-state index < -0.39 is 6.09 Å². The van der Waals surface area contributed by atoms with Gasteiger partial charge in [0.15, 0.2) is 0 Å². The topological polar surface area (TPSA) is 90.7 Å². The Hall–Kier alpha value is -1.75. The first kappa shape index (κ1) is 10.3. The molecule has 5 nitrogen and oxygen atoms in total. The van der Waals surface area contributed by atoms with E-state index in [-0.39, 0.29) is 6.02 Å². The highest BCUT2D eigenvalue weighted by molar-refractivity contribution is 6.30. The lowest BCUT2D eigenvalue weighted by Gasteiger charge is -1.98. The zero-order chi connectivity index (χ0) is 10.6. The van der Waals surface area contributed by atoms with Gasteiger partial charge in [-0.1, -0.05) is 11.6 Å². The third-order valence-corrected chi connectivity index (χ3v) is 1.52. The zero-order valence-electron chi connectivity index (χ0n) is 7.11. The monoisotopic (exact) mass is 213 g/mol. The Kier molecular flexibility index (Phi) is 3.30. The fourth-order valence-corrected chi connectivity index (χ4v) is 0.895. The highest BCUT2D eigenvalue weighted by Gasteiger charge is 1.98. The molecule has 0 atom stereocenters. The van der Waals surface area contributed by atoms with E-state index in [0.717, 1.165) is 0 Å². The summed E-state index contributed by atoms with van der Waals surface area (Å²) >= 11 is 5.65. The normalized spacial score (nSPS) is 11.1. The number of aliphatic imine (C=N–C) groups is 1. The smallest absolute Gasteiger partial charge is 0.376 e. The largest absolute Gasteiger partial charge is 0.412 e. The van der Waals surface area contributed by atoms with Crippen molar-refractivity contribution in [3.63, 3.8) is 0 Å². The molecular weight excluding hydrogens is 206 g/mol. The predicted molar refractivity (Wildman–Crippen MR) is 53.4 cm³/mol. The Morgan fingerprint density at radius 1 is 1.29 bits per heavy atom. The van der Waals surface area contributed by atoms with Gasteiger partial charge < -0.3 is 16.2 Å². The quantitative estimate of drug-likeness (QED) is 0.545. The Morgan fingerprint density at radius 3 is 2.36 bits per heavy atom. The molecule has 0 aliphatic rings. The number of hydrogen-bond acceptors (Lipinski definition) is 3. The molecule has 4 N–H and O–H groups in total. The first-order chi connectivity index (χ1) is 6.58. The molecule has 0 saturated carbocycles. The molecule has 1 aromatic rings. The fourth-order valence-electron chi connectivity index (χ4n) is 0.769. The van der Waals surface area contributed by atoms with Crippen LogP contribution >= 0.6 is 11.6 Å². The van der Waals surface area contributed by atoms with Gasteiger partial charge in [0.05, 0.1) is 5.69 Å². The Morgan fingerprint density at radius 2 is 1.86 bits per heavy atom. The van der Waals surface area contributed by atoms with Crippen molar-refractivity contribution in [3.05, 3.63) is 29.3 Å². The van der Waals surface area contributed by atoms with E-state index in [1.54, 1.807) is 24.3 Å². The SMILES string of the molecule is NC(=O)OC(N)=Nc1ccc(Cl)cc1. The first-order valence-electron chi connectivity index (χ1n) is 3.65. The summed E-state index contributed by atoms with van der Waals surface area (Å²) in [4.78, 5) is 14.0. The summed E-state index contributed by atoms with van der Waals surface area (Å²) in [5.41, 5.74) is 10.5. The van der Waals surface area contributed by atoms with Crippen molar-refractivity contribution >= 4 is 29.4 Å². The minimum atomic E-state index is -1.000. The lowest BCUT2D eigenvalue weighted by atomic mass is 10.3. The van der Waals surface area contributed by atoms with Gasteiger partial charge in [0.1, 0.15) is 0 Å². The number of primary amides is 1. The average Bonchev–Trinajstić information content (AvgIpc) is 2.07. The van der Waals surface area contributed by atoms with Gasteiger partial charge in [-0.15, -0.1) is 0 Å². The number of carbonyl (C=O) groups excluding carboxylic acids is 1. The first-order valence-corrected chi connectivity index (χ1v) is 4.03. The van der Waals surface area contributed by atoms with Gasteiger partial charge in [-0.25, -0.2) is 4.79 Å². The molecule has 0 fully saturated rings. The van der Waals surface area contributed by atoms with Crippen LogP contribution in [0.5, 0.6) is 0 Å². The van der Waals surface area contributed by atoms with Crippen LogP contribution in [-0.4, -0.2) is 12.1 Å². The van der Waals surface area contributed by atoms with E-state index in [0.29, 0.717) is 10.7 Å². The molecular formula is C8H8ClN3O2. The van der Waals surface area contributed by atoms with Crippen molar-refractivity contribution in [3.8, 4) is 0 Å². The Labute approximate surface area is 85.3 Å². The number of amides is 1. The Balaban J connectivity index is 2.76. The second-order valence-electron chi connectivity index (χ2n) is 2.35. The van der Waals surface area contributed by atoms with Crippen molar-refractivity contribution < 1.29 is 9.53 Å². The minimum Gasteiger partial charge on any atom is -0.376 e. The maximum Gasteiger partial charge on any atom is 0.412 e. The van der Waals surface area contributed by atoms with E-state index in [1.807, 2.05) is 0 Å². The van der Waals surface area contributed by atoms with Crippen molar-refractivity contribution in [2.75, 3.05) is 0 Å². The molecule has 0 bridgehead atoms. The molecule has 74 valence electrons. The highest BCUT2D eigenvalue weighted by Crippen LogP contribution is 2.15. The van der Waals surface area contributed by atoms with E-state index >= 15 is 0 Å². The maximum atomic E-state index is 10.3. The number of halogens is 1. The molecule has 6 heteroatoms. The molecule has 0 saturated heterocycles. The summed E-state index contributed by atoms with van der Waals surface area (Å²) in [6.45, 7) is 0. The molecule has 0 heterocycles. The highest BCUT2D eigenvalue weighted by atomic mass is 35.5. The van der Waals surface area contributed by atoms with Crippen LogP contribution < -0.4 is 11.5 Å². The van der Waals surface area contributed by atoms with Gasteiger partial charge in [0.25, 0.3) is 6.02 Å². The van der Waals surface area contributed by atoms with Crippen LogP contribution in [0.15, 0.2) is 29.3 Å². The molecule has 0 aromatic heterocycles. The number of ether oxygens (including phenoxy) is 1. The minimum absolute atomic E-state index is 0.306. The van der Waals surface area contributed by atoms with Gasteiger partial charge >= 0.3 is 6.09 Å². The van der Waals surface area contributed by atoms with Crippen LogP contribution in [0.25, 0.3) is 0 Å². The van der Waals surface area contributed by atoms with Crippen LogP contribution in [-0.2, 0) is 4.74 Å². The van der Waals surface area contributed by atoms with Gasteiger partial charge in [0.2, 0.25) is 0 Å². The van der Waals surface area contributed by atoms with Gasteiger partial charge in [-0.3, -0.25) is 0 Å². The van der Waals surface area contributed by atoms with Gasteiger partial charge in [-0.05, 0) is 24.3 Å². The van der Waals surface area contributed by atoms with Crippen molar-refractivity contribution in [1.82, 2.24) is 0 Å². The molecule has 0 aliphatic heterocycles. The summed E-state index contributed by atoms with van der Waals surface area (Å²) in [5.74, 6) is 0. The van der Waals surface area contributed by atoms with Crippen LogP contribution in [0.4, 0.5) is 10.5 Å². The van der Waals surface area contributed by atoms with Gasteiger partial charge in [-0.2, -0.15) is 4.99 Å². The average molecular weight is 214 g/mol. The lowest BCUT2D eigenvalue weighted by Crippen LogP contribution is -2.24. The number of nitrogens with two attached hydrogens (primary N) is 2. The molecule has 0 radical (unpaired) electrons. The standard InChI is InChI=1S/C8H8ClN3O2/c9-5-1-3-6(4-2-5)12-7(10)14-8(11)13/h1-4H,(H2,10,12)(H2,11,13). The molecule has 1 amide bonds. The summed E-state index contributed by atoms with van der Waals surface area (Å²) in [6.07, 6.45) is -1.000. The second kappa shape index (κ2) is 4.48. The summed E-state index contributed by atoms with van der Waals surface area (Å²) < 4.78 is 4.32. The van der Waals surface area contributed by atoms with Crippen molar-refractivity contribution in [2.24, 2.45) is 16.5 Å². The number of rotatable bonds is 1. The number of carbonyl (C=O) groups is 1. The van der Waals surface area contributed by atoms with E-state index in [4.69, 9.17) is 23.1 Å². The lowest BCUT2D eigenvalue weighted by molar-refractivity contribution is 0.207. The molecule has 1 rings (SSSR count). The van der Waals surface area contributed by atoms with Gasteiger partial charge in [0, 0.05) is 5.02 Å². The zero-order valence-corrected chi connectivity index (χ0v) is 7.86. The third-order valence-electron chi connectivity index (χ3n) is 1.27. The molecule has 0 unspecified atom stereocenters. The summed E-state index contributed by atoms with van der Waals surface area (Å²) in [7, 11) is 0. The number of benzene rings is 1. The fraction of sp³-hybridized carbons (Fsp3) is 0. The van der Waals surface area contributed by atoms with Crippen LogP contribution in [0.2, 0.25) is 5.02 Å². The molecule has 0 spiro atoms. The number of nitrogens with zero attached hydrogens (tertiary/aromatic N) is 1. The second-order valence-corrected chi connectivity index (χ2v) is 2.78. The van der Waals surface area contributed by atoms with E-state index in [2.05, 4.69) is 9.73 Å². The maximum absolute atomic E-state index is 10.3. The number of hydrogen-bond donors (Lipinski definition) is 2. The summed E-state index contributed by atoms with van der Waals surface area (Å²) in [5, 5.41) is 0.582. The number of amidine groups is 1.